The molecule has 3 N–H and O–H groups in total. The highest BCUT2D eigenvalue weighted by atomic mass is 16.1. The van der Waals surface area contributed by atoms with E-state index in [0.29, 0.717) is 12.5 Å². The third kappa shape index (κ3) is 2.35. The predicted molar refractivity (Wildman–Crippen MR) is 39.4 cm³/mol. The second-order valence-electron chi connectivity index (χ2n) is 2.94. The molecule has 0 aromatic heterocycles. The SMILES string of the molecule is CC(=O)NCC(N)C1CC1. The maximum absolute atomic E-state index is 10.4. The Morgan fingerprint density at radius 2 is 2.40 bits per heavy atom. The van der Waals surface area contributed by atoms with Crippen molar-refractivity contribution in [2.45, 2.75) is 25.8 Å². The van der Waals surface area contributed by atoms with Gasteiger partial charge < -0.3 is 11.1 Å². The molecule has 1 aliphatic rings. The zero-order valence-corrected chi connectivity index (χ0v) is 6.26. The van der Waals surface area contributed by atoms with Gasteiger partial charge in [0.15, 0.2) is 0 Å². The zero-order valence-electron chi connectivity index (χ0n) is 6.26. The van der Waals surface area contributed by atoms with Crippen LogP contribution in [0.3, 0.4) is 0 Å². The highest BCUT2D eigenvalue weighted by molar-refractivity contribution is 5.72. The second-order valence-corrected chi connectivity index (χ2v) is 2.94. The van der Waals surface area contributed by atoms with Crippen LogP contribution in [-0.4, -0.2) is 18.5 Å². The first-order chi connectivity index (χ1) is 4.70. The molecule has 1 rings (SSSR count). The molecule has 1 saturated carbocycles. The second kappa shape index (κ2) is 3.01. The highest BCUT2D eigenvalue weighted by Gasteiger charge is 2.27. The first kappa shape index (κ1) is 7.54. The molecular formula is C7H14N2O. The van der Waals surface area contributed by atoms with Gasteiger partial charge in [-0.2, -0.15) is 0 Å². The van der Waals surface area contributed by atoms with E-state index in [1.165, 1.54) is 19.8 Å². The van der Waals surface area contributed by atoms with Crippen LogP contribution >= 0.6 is 0 Å². The van der Waals surface area contributed by atoms with E-state index in [1.54, 1.807) is 0 Å². The van der Waals surface area contributed by atoms with Crippen molar-refractivity contribution in [3.05, 3.63) is 0 Å². The number of nitrogens with one attached hydrogen (secondary N) is 1. The van der Waals surface area contributed by atoms with Crippen LogP contribution in [0.2, 0.25) is 0 Å². The van der Waals surface area contributed by atoms with E-state index in [4.69, 9.17) is 5.73 Å². The highest BCUT2D eigenvalue weighted by Crippen LogP contribution is 2.31. The lowest BCUT2D eigenvalue weighted by Crippen LogP contribution is -2.37. The Morgan fingerprint density at radius 3 is 2.80 bits per heavy atom. The maximum atomic E-state index is 10.4. The van der Waals surface area contributed by atoms with Crippen LogP contribution in [0, 0.1) is 5.92 Å². The van der Waals surface area contributed by atoms with Gasteiger partial charge in [0.2, 0.25) is 5.91 Å². The van der Waals surface area contributed by atoms with Crippen molar-refractivity contribution in [3.63, 3.8) is 0 Å². The summed E-state index contributed by atoms with van der Waals surface area (Å²) in [6, 6.07) is 0.184. The molecule has 0 saturated heterocycles. The van der Waals surface area contributed by atoms with Gasteiger partial charge in [0, 0.05) is 19.5 Å². The molecule has 1 unspecified atom stereocenters. The van der Waals surface area contributed by atoms with E-state index in [9.17, 15) is 4.79 Å². The number of carbonyl (C=O) groups excluding carboxylic acids is 1. The standard InChI is InChI=1S/C7H14N2O/c1-5(10)9-4-7(8)6-2-3-6/h6-7H,2-4,8H2,1H3,(H,9,10). The van der Waals surface area contributed by atoms with Gasteiger partial charge in [-0.05, 0) is 18.8 Å². The molecule has 0 bridgehead atoms. The van der Waals surface area contributed by atoms with Crippen LogP contribution in [0.15, 0.2) is 0 Å². The number of nitrogens with two attached hydrogens (primary N) is 1. The molecule has 10 heavy (non-hydrogen) atoms. The first-order valence-corrected chi connectivity index (χ1v) is 3.70. The molecule has 1 fully saturated rings. The minimum absolute atomic E-state index is 0.0103. The summed E-state index contributed by atoms with van der Waals surface area (Å²) in [5.74, 6) is 0.683. The molecule has 0 radical (unpaired) electrons. The van der Waals surface area contributed by atoms with Crippen molar-refractivity contribution >= 4 is 5.91 Å². The minimum atomic E-state index is 0.0103. The Kier molecular flexibility index (Phi) is 2.27. The van der Waals surface area contributed by atoms with Crippen LogP contribution in [0.1, 0.15) is 19.8 Å². The Hall–Kier alpha value is -0.570. The van der Waals surface area contributed by atoms with Crippen LogP contribution < -0.4 is 11.1 Å². The summed E-state index contributed by atoms with van der Waals surface area (Å²) >= 11 is 0. The van der Waals surface area contributed by atoms with Gasteiger partial charge >= 0.3 is 0 Å². The lowest BCUT2D eigenvalue weighted by molar-refractivity contribution is -0.119. The topological polar surface area (TPSA) is 55.1 Å². The van der Waals surface area contributed by atoms with Crippen molar-refractivity contribution in [2.75, 3.05) is 6.54 Å². The van der Waals surface area contributed by atoms with Gasteiger partial charge in [-0.25, -0.2) is 0 Å². The lowest BCUT2D eigenvalue weighted by Gasteiger charge is -2.09. The molecular weight excluding hydrogens is 128 g/mol. The number of carbonyl (C=O) groups is 1. The molecule has 0 spiro atoms. The molecule has 1 atom stereocenters. The Morgan fingerprint density at radius 1 is 1.80 bits per heavy atom. The largest absolute Gasteiger partial charge is 0.355 e. The molecule has 3 heteroatoms. The summed E-state index contributed by atoms with van der Waals surface area (Å²) in [6.07, 6.45) is 2.47. The quantitative estimate of drug-likeness (QED) is 0.576. The van der Waals surface area contributed by atoms with Crippen molar-refractivity contribution in [1.82, 2.24) is 5.32 Å². The zero-order chi connectivity index (χ0) is 7.56. The predicted octanol–water partition coefficient (Wildman–Crippen LogP) is -0.140. The number of amides is 1. The summed E-state index contributed by atoms with van der Waals surface area (Å²) < 4.78 is 0. The average molecular weight is 142 g/mol. The Labute approximate surface area is 61.0 Å². The molecule has 0 heterocycles. The fraction of sp³-hybridized carbons (Fsp3) is 0.857. The van der Waals surface area contributed by atoms with Crippen molar-refractivity contribution in [3.8, 4) is 0 Å². The lowest BCUT2D eigenvalue weighted by atomic mass is 10.2. The van der Waals surface area contributed by atoms with E-state index < -0.39 is 0 Å². The number of hydrogen-bond donors (Lipinski definition) is 2. The van der Waals surface area contributed by atoms with Gasteiger partial charge in [-0.3, -0.25) is 4.79 Å². The van der Waals surface area contributed by atoms with Gasteiger partial charge in [0.25, 0.3) is 0 Å². The molecule has 58 valence electrons. The van der Waals surface area contributed by atoms with Gasteiger partial charge in [-0.1, -0.05) is 0 Å². The first-order valence-electron chi connectivity index (χ1n) is 3.70. The van der Waals surface area contributed by atoms with Gasteiger partial charge in [0.1, 0.15) is 0 Å². The third-order valence-corrected chi connectivity index (χ3v) is 1.81. The van der Waals surface area contributed by atoms with Gasteiger partial charge in [0.05, 0.1) is 0 Å². The third-order valence-electron chi connectivity index (χ3n) is 1.81. The van der Waals surface area contributed by atoms with Crippen molar-refractivity contribution in [1.29, 1.82) is 0 Å². The van der Waals surface area contributed by atoms with E-state index in [1.807, 2.05) is 0 Å². The number of rotatable bonds is 3. The van der Waals surface area contributed by atoms with E-state index in [-0.39, 0.29) is 11.9 Å². The number of hydrogen-bond acceptors (Lipinski definition) is 2. The molecule has 0 aromatic rings. The van der Waals surface area contributed by atoms with Crippen LogP contribution in [0.5, 0.6) is 0 Å². The Bertz CT molecular complexity index is 132. The molecule has 3 nitrogen and oxygen atoms in total. The molecule has 0 aliphatic heterocycles. The molecule has 1 amide bonds. The summed E-state index contributed by atoms with van der Waals surface area (Å²) in [5.41, 5.74) is 5.71. The van der Waals surface area contributed by atoms with E-state index >= 15 is 0 Å². The van der Waals surface area contributed by atoms with Crippen molar-refractivity contribution < 1.29 is 4.79 Å². The fourth-order valence-electron chi connectivity index (χ4n) is 0.953. The van der Waals surface area contributed by atoms with E-state index in [2.05, 4.69) is 5.32 Å². The minimum Gasteiger partial charge on any atom is -0.355 e. The van der Waals surface area contributed by atoms with Crippen LogP contribution in [0.25, 0.3) is 0 Å². The molecule has 1 aliphatic carbocycles. The van der Waals surface area contributed by atoms with Crippen molar-refractivity contribution in [2.24, 2.45) is 11.7 Å². The molecule has 0 aromatic carbocycles. The summed E-state index contributed by atoms with van der Waals surface area (Å²) in [6.45, 7) is 2.15. The Balaban J connectivity index is 2.05. The fourth-order valence-corrected chi connectivity index (χ4v) is 0.953. The normalized spacial score (nSPS) is 20.2. The van der Waals surface area contributed by atoms with Crippen LogP contribution in [-0.2, 0) is 4.79 Å². The monoisotopic (exact) mass is 142 g/mol. The summed E-state index contributed by atoms with van der Waals surface area (Å²) in [7, 11) is 0. The van der Waals surface area contributed by atoms with Crippen LogP contribution in [0.4, 0.5) is 0 Å². The average Bonchev–Trinajstić information content (AvgIpc) is 2.63. The maximum Gasteiger partial charge on any atom is 0.216 e. The van der Waals surface area contributed by atoms with E-state index in [0.717, 1.165) is 0 Å². The van der Waals surface area contributed by atoms with Gasteiger partial charge in [-0.15, -0.1) is 0 Å². The smallest absolute Gasteiger partial charge is 0.216 e. The summed E-state index contributed by atoms with van der Waals surface area (Å²) in [5, 5.41) is 2.70. The summed E-state index contributed by atoms with van der Waals surface area (Å²) in [4.78, 5) is 10.4.